The van der Waals surface area contributed by atoms with Gasteiger partial charge in [-0.15, -0.1) is 0 Å². The van der Waals surface area contributed by atoms with Gasteiger partial charge < -0.3 is 23.8 Å². The van der Waals surface area contributed by atoms with E-state index in [2.05, 4.69) is 4.99 Å². The molecule has 38 heavy (non-hydrogen) atoms. The number of methoxy groups -OCH3 is 3. The number of hydrogen-bond acceptors (Lipinski definition) is 9. The molecule has 0 N–H and O–H groups in total. The van der Waals surface area contributed by atoms with E-state index in [1.165, 1.54) is 11.3 Å². The molecule has 1 atom stereocenters. The van der Waals surface area contributed by atoms with Crippen LogP contribution in [0.3, 0.4) is 0 Å². The molecular formula is C28H31N3O6S. The van der Waals surface area contributed by atoms with Crippen molar-refractivity contribution in [2.45, 2.75) is 19.9 Å². The molecule has 3 aromatic rings. The summed E-state index contributed by atoms with van der Waals surface area (Å²) in [6.07, 6.45) is 1.74. The van der Waals surface area contributed by atoms with Crippen LogP contribution in [0.2, 0.25) is 0 Å². The molecule has 2 heterocycles. The van der Waals surface area contributed by atoms with Gasteiger partial charge in [-0.2, -0.15) is 0 Å². The molecule has 0 saturated heterocycles. The van der Waals surface area contributed by atoms with Gasteiger partial charge in [-0.25, -0.2) is 9.79 Å². The highest BCUT2D eigenvalue weighted by molar-refractivity contribution is 7.07. The molecule has 4 rings (SSSR count). The van der Waals surface area contributed by atoms with Gasteiger partial charge in [-0.3, -0.25) is 9.36 Å². The average Bonchev–Trinajstić information content (AvgIpc) is 3.21. The smallest absolute Gasteiger partial charge is 0.338 e. The number of carbonyl (C=O) groups excluding carboxylic acids is 1. The van der Waals surface area contributed by atoms with E-state index in [4.69, 9.17) is 18.9 Å². The number of ether oxygens (including phenoxy) is 4. The van der Waals surface area contributed by atoms with Crippen molar-refractivity contribution in [1.82, 2.24) is 4.57 Å². The number of nitrogens with zero attached hydrogens (tertiary/aromatic N) is 3. The fourth-order valence-electron chi connectivity index (χ4n) is 4.37. The molecule has 1 aliphatic heterocycles. The largest absolute Gasteiger partial charge is 0.496 e. The minimum atomic E-state index is -0.684. The highest BCUT2D eigenvalue weighted by Crippen LogP contribution is 2.35. The van der Waals surface area contributed by atoms with Crippen LogP contribution in [-0.2, 0) is 9.53 Å². The Morgan fingerprint density at radius 3 is 2.26 bits per heavy atom. The monoisotopic (exact) mass is 537 g/mol. The maximum Gasteiger partial charge on any atom is 0.338 e. The van der Waals surface area contributed by atoms with Gasteiger partial charge in [-0.05, 0) is 43.7 Å². The van der Waals surface area contributed by atoms with Crippen molar-refractivity contribution in [2.75, 3.05) is 46.9 Å². The Balaban J connectivity index is 1.95. The highest BCUT2D eigenvalue weighted by atomic mass is 32.1. The van der Waals surface area contributed by atoms with Gasteiger partial charge in [0.2, 0.25) is 0 Å². The number of benzene rings is 2. The lowest BCUT2D eigenvalue weighted by atomic mass is 9.95. The van der Waals surface area contributed by atoms with Crippen molar-refractivity contribution in [3.8, 4) is 17.2 Å². The van der Waals surface area contributed by atoms with Crippen molar-refractivity contribution < 1.29 is 23.7 Å². The number of rotatable bonds is 8. The van der Waals surface area contributed by atoms with Crippen molar-refractivity contribution in [3.63, 3.8) is 0 Å². The van der Waals surface area contributed by atoms with Crippen LogP contribution in [-0.4, -0.2) is 52.6 Å². The van der Waals surface area contributed by atoms with Crippen LogP contribution in [0, 0.1) is 0 Å². The Labute approximate surface area is 224 Å². The normalized spacial score (nSPS) is 15.0. The topological polar surface area (TPSA) is 91.6 Å². The second-order valence-corrected chi connectivity index (χ2v) is 9.75. The van der Waals surface area contributed by atoms with E-state index >= 15 is 0 Å². The lowest BCUT2D eigenvalue weighted by molar-refractivity contribution is -0.139. The van der Waals surface area contributed by atoms with E-state index in [-0.39, 0.29) is 12.2 Å². The minimum absolute atomic E-state index is 0.214. The van der Waals surface area contributed by atoms with Crippen LogP contribution < -0.4 is 34.0 Å². The van der Waals surface area contributed by atoms with Crippen LogP contribution in [0.1, 0.15) is 31.0 Å². The molecule has 9 nitrogen and oxygen atoms in total. The summed E-state index contributed by atoms with van der Waals surface area (Å²) in [5.41, 5.74) is 3.00. The Morgan fingerprint density at radius 2 is 1.68 bits per heavy atom. The summed E-state index contributed by atoms with van der Waals surface area (Å²) in [5, 5.41) is 0. The van der Waals surface area contributed by atoms with Gasteiger partial charge in [-0.1, -0.05) is 23.5 Å². The lowest BCUT2D eigenvalue weighted by Gasteiger charge is -2.25. The predicted molar refractivity (Wildman–Crippen MR) is 147 cm³/mol. The van der Waals surface area contributed by atoms with Gasteiger partial charge in [0.05, 0.1) is 49.8 Å². The molecule has 0 unspecified atom stereocenters. The first-order valence-corrected chi connectivity index (χ1v) is 12.8. The van der Waals surface area contributed by atoms with E-state index < -0.39 is 12.0 Å². The minimum Gasteiger partial charge on any atom is -0.496 e. The van der Waals surface area contributed by atoms with Crippen molar-refractivity contribution >= 4 is 29.1 Å². The fourth-order valence-corrected chi connectivity index (χ4v) is 5.41. The first-order chi connectivity index (χ1) is 18.2. The summed E-state index contributed by atoms with van der Waals surface area (Å²) in [4.78, 5) is 34.1. The number of esters is 1. The van der Waals surface area contributed by atoms with Crippen LogP contribution in [0.5, 0.6) is 17.2 Å². The van der Waals surface area contributed by atoms with Gasteiger partial charge >= 0.3 is 5.97 Å². The number of anilines is 1. The maximum absolute atomic E-state index is 13.9. The number of allylic oxidation sites excluding steroid dienone is 1. The van der Waals surface area contributed by atoms with E-state index in [0.29, 0.717) is 43.4 Å². The van der Waals surface area contributed by atoms with E-state index in [0.717, 1.165) is 11.3 Å². The number of hydrogen-bond donors (Lipinski definition) is 0. The summed E-state index contributed by atoms with van der Waals surface area (Å²) >= 11 is 1.24. The Bertz CT molecular complexity index is 1570. The highest BCUT2D eigenvalue weighted by Gasteiger charge is 2.33. The Kier molecular flexibility index (Phi) is 7.91. The van der Waals surface area contributed by atoms with E-state index in [1.807, 2.05) is 43.3 Å². The molecule has 2 aromatic carbocycles. The number of aromatic nitrogens is 1. The molecule has 10 heteroatoms. The molecular weight excluding hydrogens is 506 g/mol. The third kappa shape index (κ3) is 4.91. The maximum atomic E-state index is 13.9. The van der Waals surface area contributed by atoms with Crippen molar-refractivity contribution in [2.24, 2.45) is 4.99 Å². The number of thiazole rings is 1. The average molecular weight is 538 g/mol. The quantitative estimate of drug-likeness (QED) is 0.408. The molecule has 0 spiro atoms. The molecule has 200 valence electrons. The second kappa shape index (κ2) is 11.1. The van der Waals surface area contributed by atoms with Gasteiger partial charge in [0.25, 0.3) is 5.56 Å². The Morgan fingerprint density at radius 1 is 1.05 bits per heavy atom. The summed E-state index contributed by atoms with van der Waals surface area (Å²) in [5.74, 6) is 1.05. The van der Waals surface area contributed by atoms with Gasteiger partial charge in [0, 0.05) is 31.4 Å². The van der Waals surface area contributed by atoms with Crippen molar-refractivity contribution in [1.29, 1.82) is 0 Å². The summed E-state index contributed by atoms with van der Waals surface area (Å²) in [7, 11) is 8.54. The summed E-state index contributed by atoms with van der Waals surface area (Å²) in [6.45, 7) is 3.73. The predicted octanol–water partition coefficient (Wildman–Crippen LogP) is 2.89. The van der Waals surface area contributed by atoms with E-state index in [1.54, 1.807) is 58.0 Å². The van der Waals surface area contributed by atoms with Crippen molar-refractivity contribution in [3.05, 3.63) is 78.5 Å². The molecule has 0 radical (unpaired) electrons. The van der Waals surface area contributed by atoms with Crippen LogP contribution in [0.25, 0.3) is 6.08 Å². The third-order valence-electron chi connectivity index (χ3n) is 6.26. The molecule has 0 fully saturated rings. The molecule has 1 aromatic heterocycles. The summed E-state index contributed by atoms with van der Waals surface area (Å²) in [6, 6.07) is 10.5. The Hall–Kier alpha value is -4.05. The third-order valence-corrected chi connectivity index (χ3v) is 7.25. The summed E-state index contributed by atoms with van der Waals surface area (Å²) < 4.78 is 23.7. The number of carbonyl (C=O) groups is 1. The lowest BCUT2D eigenvalue weighted by Crippen LogP contribution is -2.40. The molecule has 0 bridgehead atoms. The molecule has 0 saturated carbocycles. The SMILES string of the molecule is CCOC(=O)C1=C(C)N=c2s/c(=C/c3cc(OC)c(OC)cc3OC)c(=O)n2[C@H]1c1ccc(N(C)C)cc1. The van der Waals surface area contributed by atoms with Gasteiger partial charge in [0.1, 0.15) is 5.75 Å². The van der Waals surface area contributed by atoms with Gasteiger partial charge in [0.15, 0.2) is 16.3 Å². The van der Waals surface area contributed by atoms with Crippen LogP contribution in [0.15, 0.2) is 57.5 Å². The molecule has 1 aliphatic rings. The van der Waals surface area contributed by atoms with Crippen LogP contribution in [0.4, 0.5) is 5.69 Å². The standard InChI is InChI=1S/C28H31N3O6S/c1-8-37-27(33)24-16(2)29-28-31(25(24)17-9-11-19(12-10-17)30(3)4)26(32)23(38-28)14-18-13-21(35-6)22(36-7)15-20(18)34-5/h9-15,25H,8H2,1-7H3/b23-14+/t25-/m0/s1. The first-order valence-electron chi connectivity index (χ1n) is 12.0. The number of fused-ring (bicyclic) bond motifs is 1. The fraction of sp³-hybridized carbons (Fsp3) is 0.321. The van der Waals surface area contributed by atoms with E-state index in [9.17, 15) is 9.59 Å². The zero-order valence-corrected chi connectivity index (χ0v) is 23.3. The zero-order chi connectivity index (χ0) is 27.6. The molecule has 0 amide bonds. The van der Waals surface area contributed by atoms with Crippen LogP contribution >= 0.6 is 11.3 Å². The first kappa shape index (κ1) is 27.0. The molecule has 0 aliphatic carbocycles. The second-order valence-electron chi connectivity index (χ2n) is 8.74. The zero-order valence-electron chi connectivity index (χ0n) is 22.5.